The van der Waals surface area contributed by atoms with Gasteiger partial charge in [-0.3, -0.25) is 0 Å². The van der Waals surface area contributed by atoms with Crippen molar-refractivity contribution in [1.82, 2.24) is 5.32 Å². The fourth-order valence-corrected chi connectivity index (χ4v) is 6.13. The number of hydrogen-bond acceptors (Lipinski definition) is 2. The van der Waals surface area contributed by atoms with Crippen LogP contribution >= 0.6 is 24.8 Å². The highest BCUT2D eigenvalue weighted by molar-refractivity contribution is 8.11. The third-order valence-electron chi connectivity index (χ3n) is 8.61. The Balaban J connectivity index is 3.03. The van der Waals surface area contributed by atoms with Crippen LogP contribution in [0.3, 0.4) is 0 Å². The van der Waals surface area contributed by atoms with E-state index in [1.165, 1.54) is 205 Å². The van der Waals surface area contributed by atoms with Gasteiger partial charge in [-0.25, -0.2) is 0 Å². The lowest BCUT2D eigenvalue weighted by Crippen LogP contribution is -2.17. The number of thiol groups is 1. The summed E-state index contributed by atoms with van der Waals surface area (Å²) in [6.07, 6.45) is 46.7. The van der Waals surface area contributed by atoms with E-state index in [1.54, 1.807) is 0 Å². The maximum Gasteiger partial charge on any atom is 0.130 e. The van der Waals surface area contributed by atoms with Crippen LogP contribution in [-0.4, -0.2) is 22.6 Å². The summed E-state index contributed by atoms with van der Waals surface area (Å²) in [6, 6.07) is 0. The number of aliphatic hydroxyl groups is 1. The second kappa shape index (κ2) is 37.2. The van der Waals surface area contributed by atoms with Crippen molar-refractivity contribution in [3.05, 3.63) is 0 Å². The summed E-state index contributed by atoms with van der Waals surface area (Å²) in [5.74, 6) is 0. The van der Waals surface area contributed by atoms with Crippen LogP contribution in [0.2, 0.25) is 0 Å². The maximum atomic E-state index is 8.79. The van der Waals surface area contributed by atoms with Gasteiger partial charge in [0.1, 0.15) is 4.32 Å². The Labute approximate surface area is 263 Å². The lowest BCUT2D eigenvalue weighted by atomic mass is 10.0. The van der Waals surface area contributed by atoms with E-state index in [2.05, 4.69) is 17.9 Å². The van der Waals surface area contributed by atoms with Gasteiger partial charge in [-0.2, -0.15) is 0 Å². The van der Waals surface area contributed by atoms with E-state index in [-0.39, 0.29) is 0 Å². The molecule has 0 saturated carbocycles. The monoisotopic (exact) mass is 600 g/mol. The molecule has 4 heteroatoms. The molecule has 0 aliphatic heterocycles. The molecule has 0 saturated heterocycles. The predicted molar refractivity (Wildman–Crippen MR) is 189 cm³/mol. The van der Waals surface area contributed by atoms with Crippen molar-refractivity contribution in [2.75, 3.05) is 13.2 Å². The van der Waals surface area contributed by atoms with E-state index in [0.717, 1.165) is 13.0 Å². The molecule has 0 unspecified atom stereocenters. The van der Waals surface area contributed by atoms with Gasteiger partial charge in [0.2, 0.25) is 0 Å². The van der Waals surface area contributed by atoms with E-state index >= 15 is 0 Å². The topological polar surface area (TPSA) is 32.3 Å². The lowest BCUT2D eigenvalue weighted by Gasteiger charge is -2.05. The van der Waals surface area contributed by atoms with Crippen molar-refractivity contribution < 1.29 is 5.11 Å². The molecule has 0 fully saturated rings. The van der Waals surface area contributed by atoms with Crippen molar-refractivity contribution in [3.8, 4) is 0 Å². The molecule has 240 valence electrons. The molecule has 2 nitrogen and oxygen atoms in total. The summed E-state index contributed by atoms with van der Waals surface area (Å²) in [5, 5.41) is 11.9. The van der Waals surface area contributed by atoms with Crippen LogP contribution in [0.1, 0.15) is 212 Å². The van der Waals surface area contributed by atoms with Gasteiger partial charge in [-0.1, -0.05) is 211 Å². The normalized spacial score (nSPS) is 11.3. The number of unbranched alkanes of at least 4 members (excludes halogenated alkanes) is 32. The Morgan fingerprint density at radius 1 is 0.350 bits per heavy atom. The molecule has 0 aliphatic rings. The summed E-state index contributed by atoms with van der Waals surface area (Å²) in [7, 11) is 0. The Morgan fingerprint density at radius 2 is 0.525 bits per heavy atom. The highest BCUT2D eigenvalue weighted by atomic mass is 32.1. The molecule has 0 aromatic heterocycles. The van der Waals surface area contributed by atoms with Crippen LogP contribution in [0.25, 0.3) is 0 Å². The minimum absolute atomic E-state index is 0.371. The quantitative estimate of drug-likeness (QED) is 0.0385. The molecular formula is C36H73NOS2. The fourth-order valence-electron chi connectivity index (χ4n) is 5.91. The van der Waals surface area contributed by atoms with Crippen LogP contribution < -0.4 is 5.32 Å². The molecule has 0 atom stereocenters. The van der Waals surface area contributed by atoms with Crippen LogP contribution in [-0.2, 0) is 0 Å². The molecule has 0 spiro atoms. The number of aliphatic hydroxyl groups excluding tert-OH is 1. The number of nitrogens with one attached hydrogen (secondary N) is 1. The highest BCUT2D eigenvalue weighted by Gasteiger charge is 1.97. The Bertz CT molecular complexity index is 474. The molecule has 0 bridgehead atoms. The summed E-state index contributed by atoms with van der Waals surface area (Å²) in [6.45, 7) is 1.36. The van der Waals surface area contributed by atoms with Crippen molar-refractivity contribution in [2.24, 2.45) is 0 Å². The van der Waals surface area contributed by atoms with Crippen LogP contribution in [0.4, 0.5) is 0 Å². The van der Waals surface area contributed by atoms with Crippen molar-refractivity contribution >= 4 is 29.2 Å². The first-order valence-electron chi connectivity index (χ1n) is 18.3. The van der Waals surface area contributed by atoms with E-state index in [4.69, 9.17) is 17.3 Å². The number of rotatable bonds is 35. The zero-order valence-electron chi connectivity index (χ0n) is 27.1. The first-order chi connectivity index (χ1) is 19.8. The summed E-state index contributed by atoms with van der Waals surface area (Å²) >= 11 is 8.99. The van der Waals surface area contributed by atoms with Gasteiger partial charge in [0.05, 0.1) is 0 Å². The van der Waals surface area contributed by atoms with E-state index in [0.29, 0.717) is 10.9 Å². The predicted octanol–water partition coefficient (Wildman–Crippen LogP) is 12.7. The lowest BCUT2D eigenvalue weighted by molar-refractivity contribution is 0.282. The van der Waals surface area contributed by atoms with Crippen molar-refractivity contribution in [2.45, 2.75) is 212 Å². The fraction of sp³-hybridized carbons (Fsp3) is 0.972. The van der Waals surface area contributed by atoms with Gasteiger partial charge in [0, 0.05) is 13.2 Å². The molecular weight excluding hydrogens is 527 g/mol. The molecule has 0 aliphatic carbocycles. The SMILES string of the molecule is OCCCCCCCCCCCCCCCCCCCCCCCCCCCCCCCCCCCNC(=S)S. The Hall–Kier alpha value is 0.200. The van der Waals surface area contributed by atoms with E-state index < -0.39 is 0 Å². The molecule has 40 heavy (non-hydrogen) atoms. The minimum atomic E-state index is 0.371. The first-order valence-corrected chi connectivity index (χ1v) is 19.2. The second-order valence-electron chi connectivity index (χ2n) is 12.6. The average molecular weight is 600 g/mol. The molecule has 0 heterocycles. The Kier molecular flexibility index (Phi) is 37.4. The van der Waals surface area contributed by atoms with Crippen LogP contribution in [0, 0.1) is 0 Å². The average Bonchev–Trinajstić information content (AvgIpc) is 2.95. The summed E-state index contributed by atoms with van der Waals surface area (Å²) < 4.78 is 0.628. The van der Waals surface area contributed by atoms with Crippen LogP contribution in [0.5, 0.6) is 0 Å². The zero-order valence-corrected chi connectivity index (χ0v) is 28.8. The van der Waals surface area contributed by atoms with E-state index in [9.17, 15) is 0 Å². The zero-order chi connectivity index (χ0) is 29.0. The second-order valence-corrected chi connectivity index (χ2v) is 13.8. The molecule has 0 aromatic rings. The highest BCUT2D eigenvalue weighted by Crippen LogP contribution is 2.17. The van der Waals surface area contributed by atoms with E-state index in [1.807, 2.05) is 0 Å². The van der Waals surface area contributed by atoms with Gasteiger partial charge in [0.25, 0.3) is 0 Å². The largest absolute Gasteiger partial charge is 0.396 e. The van der Waals surface area contributed by atoms with Gasteiger partial charge in [-0.15, -0.1) is 12.6 Å². The Morgan fingerprint density at radius 3 is 0.700 bits per heavy atom. The first kappa shape index (κ1) is 40.2. The summed E-state index contributed by atoms with van der Waals surface area (Å²) in [4.78, 5) is 0. The molecule has 0 rings (SSSR count). The minimum Gasteiger partial charge on any atom is -0.396 e. The van der Waals surface area contributed by atoms with Crippen molar-refractivity contribution in [3.63, 3.8) is 0 Å². The molecule has 0 radical (unpaired) electrons. The van der Waals surface area contributed by atoms with Gasteiger partial charge in [-0.05, 0) is 12.8 Å². The number of thiocarbonyl (C=S) groups is 1. The standard InChI is InChI=1S/C36H73NOS2/c38-35-33-31-29-27-25-23-21-19-17-15-13-11-9-7-5-3-1-2-4-6-8-10-12-14-16-18-20-22-24-26-28-30-32-34-37-36(39)40/h38H,1-35H2,(H2,37,39,40). The smallest absolute Gasteiger partial charge is 0.130 e. The van der Waals surface area contributed by atoms with Crippen LogP contribution in [0.15, 0.2) is 0 Å². The summed E-state index contributed by atoms with van der Waals surface area (Å²) in [5.41, 5.74) is 0. The van der Waals surface area contributed by atoms with Gasteiger partial charge < -0.3 is 10.4 Å². The van der Waals surface area contributed by atoms with Gasteiger partial charge in [0.15, 0.2) is 0 Å². The van der Waals surface area contributed by atoms with Gasteiger partial charge >= 0.3 is 0 Å². The molecule has 2 N–H and O–H groups in total. The molecule has 0 aromatic carbocycles. The number of hydrogen-bond donors (Lipinski definition) is 3. The molecule has 0 amide bonds. The third kappa shape index (κ3) is 38.2. The van der Waals surface area contributed by atoms with Crippen molar-refractivity contribution in [1.29, 1.82) is 0 Å². The third-order valence-corrected chi connectivity index (χ3v) is 8.91. The maximum absolute atomic E-state index is 8.79.